The molecule has 0 saturated carbocycles. The highest BCUT2D eigenvalue weighted by Gasteiger charge is 1.80. The van der Waals surface area contributed by atoms with Gasteiger partial charge in [0, 0.05) is 13.6 Å². The van der Waals surface area contributed by atoms with E-state index >= 15 is 0 Å². The van der Waals surface area contributed by atoms with E-state index < -0.39 is 0 Å². The Morgan fingerprint density at radius 1 is 1.67 bits per heavy atom. The van der Waals surface area contributed by atoms with Crippen LogP contribution in [0, 0.1) is 6.54 Å². The van der Waals surface area contributed by atoms with Gasteiger partial charge in [0.25, 0.3) is 0 Å². The van der Waals surface area contributed by atoms with Crippen LogP contribution in [0.4, 0.5) is 0 Å². The molecular weight excluding hydrogens is 78.0 g/mol. The Bertz CT molecular complexity index is 44.8. The standard InChI is InChI=1S/C4H8NO/c1-3-5(2)4-6/h3-4H,1-2H3. The maximum Gasteiger partial charge on any atom is 0.209 e. The molecule has 1 radical (unpaired) electrons. The predicted molar refractivity (Wildman–Crippen MR) is 23.8 cm³/mol. The van der Waals surface area contributed by atoms with Gasteiger partial charge >= 0.3 is 0 Å². The van der Waals surface area contributed by atoms with E-state index in [1.165, 1.54) is 4.90 Å². The maximum atomic E-state index is 9.63. The van der Waals surface area contributed by atoms with Crippen molar-refractivity contribution in [1.82, 2.24) is 4.90 Å². The van der Waals surface area contributed by atoms with Gasteiger partial charge in [0.05, 0.1) is 0 Å². The molecule has 0 bridgehead atoms. The molecule has 0 aromatic carbocycles. The van der Waals surface area contributed by atoms with Crippen molar-refractivity contribution in [2.45, 2.75) is 6.92 Å². The van der Waals surface area contributed by atoms with Crippen LogP contribution in [-0.2, 0) is 4.79 Å². The van der Waals surface area contributed by atoms with Crippen molar-refractivity contribution in [2.75, 3.05) is 7.05 Å². The van der Waals surface area contributed by atoms with Gasteiger partial charge in [-0.1, -0.05) is 0 Å². The number of rotatable bonds is 2. The van der Waals surface area contributed by atoms with Crippen molar-refractivity contribution < 1.29 is 4.79 Å². The van der Waals surface area contributed by atoms with Crippen LogP contribution >= 0.6 is 0 Å². The molecule has 0 aliphatic carbocycles. The summed E-state index contributed by atoms with van der Waals surface area (Å²) in [5.41, 5.74) is 0. The molecule has 0 unspecified atom stereocenters. The van der Waals surface area contributed by atoms with Crippen molar-refractivity contribution >= 4 is 6.41 Å². The van der Waals surface area contributed by atoms with Crippen LogP contribution in [0.5, 0.6) is 0 Å². The first-order valence-corrected chi connectivity index (χ1v) is 1.78. The van der Waals surface area contributed by atoms with E-state index in [1.807, 2.05) is 0 Å². The molecule has 0 aromatic rings. The first kappa shape index (κ1) is 5.47. The normalized spacial score (nSPS) is 7.67. The van der Waals surface area contributed by atoms with Crippen molar-refractivity contribution in [3.63, 3.8) is 0 Å². The zero-order chi connectivity index (χ0) is 4.99. The molecule has 0 saturated heterocycles. The molecule has 0 N–H and O–H groups in total. The molecule has 0 spiro atoms. The lowest BCUT2D eigenvalue weighted by atomic mass is 10.7. The monoisotopic (exact) mass is 86.1 g/mol. The van der Waals surface area contributed by atoms with Crippen LogP contribution in [0.25, 0.3) is 0 Å². The Morgan fingerprint density at radius 2 is 2.17 bits per heavy atom. The summed E-state index contributed by atoms with van der Waals surface area (Å²) in [6.45, 7) is 3.49. The fourth-order valence-corrected chi connectivity index (χ4v) is 0.0609. The van der Waals surface area contributed by atoms with Gasteiger partial charge in [-0.25, -0.2) is 0 Å². The molecule has 1 amide bonds. The second-order valence-corrected chi connectivity index (χ2v) is 1.03. The average molecular weight is 86.1 g/mol. The molecular formula is C4H8NO. The van der Waals surface area contributed by atoms with Gasteiger partial charge in [-0.3, -0.25) is 4.79 Å². The Morgan fingerprint density at radius 3 is 2.17 bits per heavy atom. The zero-order valence-electron chi connectivity index (χ0n) is 4.01. The largest absolute Gasteiger partial charge is 0.344 e. The van der Waals surface area contributed by atoms with Crippen molar-refractivity contribution in [3.8, 4) is 0 Å². The van der Waals surface area contributed by atoms with Crippen molar-refractivity contribution in [3.05, 3.63) is 6.54 Å². The lowest BCUT2D eigenvalue weighted by molar-refractivity contribution is -0.115. The first-order valence-electron chi connectivity index (χ1n) is 1.78. The van der Waals surface area contributed by atoms with Gasteiger partial charge in [0.15, 0.2) is 0 Å². The van der Waals surface area contributed by atoms with E-state index in [-0.39, 0.29) is 0 Å². The number of hydrogen-bond acceptors (Lipinski definition) is 1. The Labute approximate surface area is 37.8 Å². The SMILES string of the molecule is C[CH]N(C)C=O. The predicted octanol–water partition coefficient (Wildman–Crippen LogP) is 0.256. The van der Waals surface area contributed by atoms with Gasteiger partial charge < -0.3 is 4.90 Å². The van der Waals surface area contributed by atoms with Crippen molar-refractivity contribution in [1.29, 1.82) is 0 Å². The third-order valence-corrected chi connectivity index (χ3v) is 0.574. The summed E-state index contributed by atoms with van der Waals surface area (Å²) < 4.78 is 0. The number of nitrogens with zero attached hydrogens (tertiary/aromatic N) is 1. The lowest BCUT2D eigenvalue weighted by Gasteiger charge is -2.01. The number of carbonyl (C=O) groups excluding carboxylic acids is 1. The fourth-order valence-electron chi connectivity index (χ4n) is 0.0609. The minimum absolute atomic E-state index is 0.750. The molecule has 0 fully saturated rings. The fraction of sp³-hybridized carbons (Fsp3) is 0.500. The second-order valence-electron chi connectivity index (χ2n) is 1.03. The maximum absolute atomic E-state index is 9.63. The summed E-state index contributed by atoms with van der Waals surface area (Å²) >= 11 is 0. The molecule has 2 nitrogen and oxygen atoms in total. The molecule has 0 atom stereocenters. The Kier molecular flexibility index (Phi) is 2.46. The van der Waals surface area contributed by atoms with E-state index in [1.54, 1.807) is 20.5 Å². The molecule has 0 aliphatic rings. The number of amides is 1. The van der Waals surface area contributed by atoms with E-state index in [0.717, 1.165) is 6.41 Å². The molecule has 0 aromatic heterocycles. The highest BCUT2D eigenvalue weighted by Crippen LogP contribution is 1.74. The van der Waals surface area contributed by atoms with E-state index in [4.69, 9.17) is 0 Å². The van der Waals surface area contributed by atoms with Gasteiger partial charge in [-0.2, -0.15) is 0 Å². The zero-order valence-corrected chi connectivity index (χ0v) is 4.01. The minimum atomic E-state index is 0.750. The van der Waals surface area contributed by atoms with E-state index in [9.17, 15) is 4.79 Å². The molecule has 0 aliphatic heterocycles. The third kappa shape index (κ3) is 1.76. The summed E-state index contributed by atoms with van der Waals surface area (Å²) in [7, 11) is 1.69. The summed E-state index contributed by atoms with van der Waals surface area (Å²) in [4.78, 5) is 11.1. The molecule has 35 valence electrons. The van der Waals surface area contributed by atoms with Gasteiger partial charge in [0.1, 0.15) is 0 Å². The van der Waals surface area contributed by atoms with Crippen LogP contribution in [0.1, 0.15) is 6.92 Å². The summed E-state index contributed by atoms with van der Waals surface area (Å²) in [5.74, 6) is 0. The third-order valence-electron chi connectivity index (χ3n) is 0.574. The van der Waals surface area contributed by atoms with E-state index in [2.05, 4.69) is 0 Å². The molecule has 2 heteroatoms. The average Bonchev–Trinajstić information content (AvgIpc) is 1.65. The van der Waals surface area contributed by atoms with Crippen LogP contribution in [0.15, 0.2) is 0 Å². The summed E-state index contributed by atoms with van der Waals surface area (Å²) in [6.07, 6.45) is 0.750. The van der Waals surface area contributed by atoms with Crippen LogP contribution in [-0.4, -0.2) is 18.4 Å². The quantitative estimate of drug-likeness (QED) is 0.441. The highest BCUT2D eigenvalue weighted by molar-refractivity contribution is 5.47. The minimum Gasteiger partial charge on any atom is -0.344 e. The summed E-state index contributed by atoms with van der Waals surface area (Å²) in [6, 6.07) is 0. The van der Waals surface area contributed by atoms with Gasteiger partial charge in [-0.15, -0.1) is 0 Å². The van der Waals surface area contributed by atoms with Crippen LogP contribution in [0.2, 0.25) is 0 Å². The van der Waals surface area contributed by atoms with Gasteiger partial charge in [0.2, 0.25) is 6.41 Å². The lowest BCUT2D eigenvalue weighted by Crippen LogP contribution is -2.08. The Hall–Kier alpha value is -0.530. The molecule has 0 rings (SSSR count). The summed E-state index contributed by atoms with van der Waals surface area (Å²) in [5, 5.41) is 0. The van der Waals surface area contributed by atoms with E-state index in [0.29, 0.717) is 0 Å². The number of carbonyl (C=O) groups is 1. The topological polar surface area (TPSA) is 20.3 Å². The smallest absolute Gasteiger partial charge is 0.209 e. The second kappa shape index (κ2) is 2.69. The van der Waals surface area contributed by atoms with Crippen LogP contribution in [0.3, 0.4) is 0 Å². The van der Waals surface area contributed by atoms with Crippen molar-refractivity contribution in [2.24, 2.45) is 0 Å². The first-order chi connectivity index (χ1) is 2.81. The Balaban J connectivity index is 2.96. The molecule has 0 heterocycles. The number of hydrogen-bond donors (Lipinski definition) is 0. The van der Waals surface area contributed by atoms with Gasteiger partial charge in [-0.05, 0) is 6.92 Å². The molecule has 6 heavy (non-hydrogen) atoms. The van der Waals surface area contributed by atoms with Crippen LogP contribution < -0.4 is 0 Å². The highest BCUT2D eigenvalue weighted by atomic mass is 16.1.